The van der Waals surface area contributed by atoms with Gasteiger partial charge in [0.1, 0.15) is 0 Å². The van der Waals surface area contributed by atoms with Crippen molar-refractivity contribution in [3.05, 3.63) is 10.7 Å². The predicted octanol–water partition coefficient (Wildman–Crippen LogP) is 0.797. The van der Waals surface area contributed by atoms with Crippen LogP contribution in [0.25, 0.3) is 0 Å². The summed E-state index contributed by atoms with van der Waals surface area (Å²) in [6.45, 7) is 0. The molecule has 4 nitrogen and oxygen atoms in total. The Hall–Kier alpha value is -0.550. The van der Waals surface area contributed by atoms with Crippen LogP contribution in [0.5, 0.6) is 0 Å². The highest BCUT2D eigenvalue weighted by Gasteiger charge is 2.05. The summed E-state index contributed by atoms with van der Waals surface area (Å²) >= 11 is 2.63. The molecule has 0 rings (SSSR count). The lowest BCUT2D eigenvalue weighted by Gasteiger charge is -1.88. The van der Waals surface area contributed by atoms with Crippen LogP contribution in [0.1, 0.15) is 0 Å². The third-order valence-electron chi connectivity index (χ3n) is 0.395. The van der Waals surface area contributed by atoms with Gasteiger partial charge in [-0.3, -0.25) is 4.89 Å². The Morgan fingerprint density at radius 1 is 1.75 bits per heavy atom. The standard InChI is InChI=1S/C3H3BrO4/c4-1-2(5)3(6)8-7/h1,5,7H/b2-1-. The van der Waals surface area contributed by atoms with Gasteiger partial charge in [0.25, 0.3) is 0 Å². The Morgan fingerprint density at radius 2 is 2.25 bits per heavy atom. The maximum atomic E-state index is 9.92. The quantitative estimate of drug-likeness (QED) is 0.273. The van der Waals surface area contributed by atoms with E-state index >= 15 is 0 Å². The molecule has 0 radical (unpaired) electrons. The SMILES string of the molecule is O=C(OO)/C(O)=C/Br. The van der Waals surface area contributed by atoms with Crippen molar-refractivity contribution in [2.75, 3.05) is 0 Å². The number of carbonyl (C=O) groups is 1. The van der Waals surface area contributed by atoms with E-state index in [0.29, 0.717) is 0 Å². The van der Waals surface area contributed by atoms with Crippen LogP contribution in [0.15, 0.2) is 10.7 Å². The molecule has 0 atom stereocenters. The normalized spacial score (nSPS) is 11.0. The van der Waals surface area contributed by atoms with Gasteiger partial charge < -0.3 is 5.11 Å². The lowest BCUT2D eigenvalue weighted by Crippen LogP contribution is -2.02. The van der Waals surface area contributed by atoms with Crippen molar-refractivity contribution in [3.63, 3.8) is 0 Å². The zero-order valence-corrected chi connectivity index (χ0v) is 5.25. The second-order valence-corrected chi connectivity index (χ2v) is 1.33. The van der Waals surface area contributed by atoms with Crippen LogP contribution in [0, 0.1) is 0 Å². The van der Waals surface area contributed by atoms with E-state index in [1.165, 1.54) is 0 Å². The minimum atomic E-state index is -1.19. The molecular weight excluding hydrogens is 180 g/mol. The molecule has 0 aliphatic rings. The summed E-state index contributed by atoms with van der Waals surface area (Å²) in [6.07, 6.45) is 0. The summed E-state index contributed by atoms with van der Waals surface area (Å²) < 4.78 is 0. The number of halogens is 1. The number of aliphatic hydroxyl groups excluding tert-OH is 1. The predicted molar refractivity (Wildman–Crippen MR) is 28.4 cm³/mol. The van der Waals surface area contributed by atoms with Crippen LogP contribution < -0.4 is 0 Å². The summed E-state index contributed by atoms with van der Waals surface area (Å²) in [6, 6.07) is 0. The fourth-order valence-corrected chi connectivity index (χ4v) is 0.278. The summed E-state index contributed by atoms with van der Waals surface area (Å²) in [5.41, 5.74) is 0. The van der Waals surface area contributed by atoms with E-state index < -0.39 is 11.7 Å². The maximum Gasteiger partial charge on any atom is 0.407 e. The highest BCUT2D eigenvalue weighted by atomic mass is 79.9. The average Bonchev–Trinajstić information content (AvgIpc) is 1.84. The Bertz CT molecular complexity index is 118. The van der Waals surface area contributed by atoms with E-state index in [9.17, 15) is 4.79 Å². The number of rotatable bonds is 1. The number of hydrogen-bond acceptors (Lipinski definition) is 4. The van der Waals surface area contributed by atoms with Gasteiger partial charge >= 0.3 is 5.97 Å². The van der Waals surface area contributed by atoms with Gasteiger partial charge in [-0.05, 0) is 0 Å². The molecule has 0 amide bonds. The molecular formula is C3H3BrO4. The van der Waals surface area contributed by atoms with Crippen LogP contribution in [0.4, 0.5) is 0 Å². The highest BCUT2D eigenvalue weighted by Crippen LogP contribution is 1.94. The van der Waals surface area contributed by atoms with E-state index in [4.69, 9.17) is 10.4 Å². The van der Waals surface area contributed by atoms with Crippen molar-refractivity contribution in [1.82, 2.24) is 0 Å². The molecule has 0 aliphatic carbocycles. The van der Waals surface area contributed by atoms with Crippen molar-refractivity contribution in [1.29, 1.82) is 0 Å². The van der Waals surface area contributed by atoms with Gasteiger partial charge in [0.15, 0.2) is 0 Å². The number of aliphatic hydroxyl groups is 1. The Morgan fingerprint density at radius 3 is 2.38 bits per heavy atom. The molecule has 0 spiro atoms. The minimum absolute atomic E-state index is 0.687. The molecule has 2 N–H and O–H groups in total. The van der Waals surface area contributed by atoms with E-state index in [2.05, 4.69) is 20.8 Å². The van der Waals surface area contributed by atoms with Crippen LogP contribution in [0.2, 0.25) is 0 Å². The number of carbonyl (C=O) groups excluding carboxylic acids is 1. The number of hydrogen-bond donors (Lipinski definition) is 2. The lowest BCUT2D eigenvalue weighted by molar-refractivity contribution is -0.232. The van der Waals surface area contributed by atoms with Crippen LogP contribution in [-0.4, -0.2) is 16.3 Å². The topological polar surface area (TPSA) is 66.8 Å². The maximum absolute atomic E-state index is 9.92. The van der Waals surface area contributed by atoms with Gasteiger partial charge in [-0.1, -0.05) is 15.9 Å². The van der Waals surface area contributed by atoms with E-state index in [-0.39, 0.29) is 0 Å². The molecule has 0 aromatic rings. The summed E-state index contributed by atoms with van der Waals surface area (Å²) in [5, 5.41) is 15.9. The zero-order valence-electron chi connectivity index (χ0n) is 3.67. The third-order valence-corrected chi connectivity index (χ3v) is 0.829. The molecule has 0 unspecified atom stereocenters. The minimum Gasteiger partial charge on any atom is -0.501 e. The van der Waals surface area contributed by atoms with Gasteiger partial charge in [-0.25, -0.2) is 4.79 Å². The summed E-state index contributed by atoms with van der Waals surface area (Å²) in [7, 11) is 0. The molecule has 0 aromatic carbocycles. The Kier molecular flexibility index (Phi) is 3.21. The first kappa shape index (κ1) is 7.45. The zero-order chi connectivity index (χ0) is 6.57. The largest absolute Gasteiger partial charge is 0.501 e. The van der Waals surface area contributed by atoms with Crippen LogP contribution >= 0.6 is 15.9 Å². The fraction of sp³-hybridized carbons (Fsp3) is 0. The average molecular weight is 183 g/mol. The van der Waals surface area contributed by atoms with E-state index in [1.807, 2.05) is 0 Å². The summed E-state index contributed by atoms with van der Waals surface area (Å²) in [5.74, 6) is -1.88. The van der Waals surface area contributed by atoms with Gasteiger partial charge in [0.2, 0.25) is 5.76 Å². The second kappa shape index (κ2) is 3.45. The first-order chi connectivity index (χ1) is 3.72. The third kappa shape index (κ3) is 1.94. The second-order valence-electron chi connectivity index (χ2n) is 0.873. The Balaban J connectivity index is 3.83. The molecule has 0 bridgehead atoms. The van der Waals surface area contributed by atoms with Crippen molar-refractivity contribution in [2.45, 2.75) is 0 Å². The molecule has 0 saturated heterocycles. The van der Waals surface area contributed by atoms with Crippen molar-refractivity contribution in [3.8, 4) is 0 Å². The van der Waals surface area contributed by atoms with Crippen molar-refractivity contribution >= 4 is 21.9 Å². The van der Waals surface area contributed by atoms with Gasteiger partial charge in [-0.2, -0.15) is 5.26 Å². The van der Waals surface area contributed by atoms with Crippen molar-refractivity contribution < 1.29 is 20.0 Å². The van der Waals surface area contributed by atoms with Crippen LogP contribution in [-0.2, 0) is 9.68 Å². The van der Waals surface area contributed by atoms with Crippen LogP contribution in [0.3, 0.4) is 0 Å². The van der Waals surface area contributed by atoms with Crippen molar-refractivity contribution in [2.24, 2.45) is 0 Å². The molecule has 0 aromatic heterocycles. The van der Waals surface area contributed by atoms with E-state index in [0.717, 1.165) is 4.99 Å². The van der Waals surface area contributed by atoms with E-state index in [1.54, 1.807) is 0 Å². The fourth-order valence-electron chi connectivity index (χ4n) is 0.0913. The molecule has 0 heterocycles. The molecule has 0 saturated carbocycles. The molecule has 46 valence electrons. The molecule has 0 fully saturated rings. The monoisotopic (exact) mass is 182 g/mol. The first-order valence-electron chi connectivity index (χ1n) is 1.57. The smallest absolute Gasteiger partial charge is 0.407 e. The van der Waals surface area contributed by atoms with Gasteiger partial charge in [0.05, 0.1) is 0 Å². The van der Waals surface area contributed by atoms with Gasteiger partial charge in [-0.15, -0.1) is 0 Å². The summed E-state index contributed by atoms with van der Waals surface area (Å²) in [4.78, 5) is 14.0. The highest BCUT2D eigenvalue weighted by molar-refractivity contribution is 9.11. The molecule has 8 heavy (non-hydrogen) atoms. The molecule has 0 aliphatic heterocycles. The van der Waals surface area contributed by atoms with Gasteiger partial charge in [0, 0.05) is 4.99 Å². The molecule has 5 heteroatoms. The Labute approximate surface area is 53.4 Å². The first-order valence-corrected chi connectivity index (χ1v) is 2.49. The lowest BCUT2D eigenvalue weighted by atomic mass is 10.6.